The molecular weight excluding hydrogens is 220 g/mol. The molecule has 0 saturated heterocycles. The highest BCUT2D eigenvalue weighted by atomic mass is 32.2. The van der Waals surface area contributed by atoms with E-state index in [1.54, 1.807) is 6.26 Å². The van der Waals surface area contributed by atoms with E-state index in [4.69, 9.17) is 9.52 Å². The van der Waals surface area contributed by atoms with Crippen LogP contribution in [-0.2, 0) is 18.1 Å². The molecule has 1 aromatic carbocycles. The van der Waals surface area contributed by atoms with Crippen molar-refractivity contribution >= 4 is 11.8 Å². The maximum atomic E-state index is 8.91. The van der Waals surface area contributed by atoms with E-state index in [0.717, 1.165) is 22.8 Å². The lowest BCUT2D eigenvalue weighted by Gasteiger charge is -2.01. The molecule has 0 amide bonds. The van der Waals surface area contributed by atoms with E-state index in [-0.39, 0.29) is 6.61 Å². The van der Waals surface area contributed by atoms with Crippen molar-refractivity contribution in [3.05, 3.63) is 59.5 Å². The van der Waals surface area contributed by atoms with E-state index in [1.165, 1.54) is 5.56 Å². The summed E-state index contributed by atoms with van der Waals surface area (Å²) in [6.45, 7) is 0.111. The Morgan fingerprint density at radius 1 is 1.00 bits per heavy atom. The van der Waals surface area contributed by atoms with Crippen LogP contribution < -0.4 is 0 Å². The maximum Gasteiger partial charge on any atom is 0.113 e. The van der Waals surface area contributed by atoms with Gasteiger partial charge < -0.3 is 9.52 Å². The molecule has 0 spiro atoms. The van der Waals surface area contributed by atoms with Gasteiger partial charge in [-0.2, -0.15) is 0 Å². The minimum atomic E-state index is 0.111. The first-order valence-corrected chi connectivity index (χ1v) is 6.33. The molecular formula is C13H14O2S. The largest absolute Gasteiger partial charge is 0.468 e. The van der Waals surface area contributed by atoms with Crippen molar-refractivity contribution in [2.75, 3.05) is 0 Å². The zero-order valence-electron chi connectivity index (χ0n) is 8.93. The fraction of sp³-hybridized carbons (Fsp3) is 0.231. The first-order valence-electron chi connectivity index (χ1n) is 5.17. The lowest BCUT2D eigenvalue weighted by atomic mass is 10.2. The van der Waals surface area contributed by atoms with E-state index < -0.39 is 0 Å². The molecule has 0 aliphatic rings. The molecule has 0 aliphatic carbocycles. The van der Waals surface area contributed by atoms with E-state index in [2.05, 4.69) is 12.1 Å². The summed E-state index contributed by atoms with van der Waals surface area (Å²) in [5.74, 6) is 2.87. The highest BCUT2D eigenvalue weighted by Crippen LogP contribution is 2.18. The number of aliphatic hydroxyl groups is 1. The topological polar surface area (TPSA) is 33.4 Å². The van der Waals surface area contributed by atoms with Crippen molar-refractivity contribution in [2.24, 2.45) is 0 Å². The summed E-state index contributed by atoms with van der Waals surface area (Å²) in [6, 6.07) is 11.9. The fourth-order valence-electron chi connectivity index (χ4n) is 1.41. The third-order valence-corrected chi connectivity index (χ3v) is 3.32. The Bertz CT molecular complexity index is 406. The summed E-state index contributed by atoms with van der Waals surface area (Å²) in [6.07, 6.45) is 1.70. The van der Waals surface area contributed by atoms with Crippen LogP contribution in [0.2, 0.25) is 0 Å². The SMILES string of the molecule is OCc1ccc(CSCc2ccco2)cc1. The molecule has 0 aliphatic heterocycles. The van der Waals surface area contributed by atoms with E-state index in [9.17, 15) is 0 Å². The number of benzene rings is 1. The number of hydrogen-bond donors (Lipinski definition) is 1. The Morgan fingerprint density at radius 3 is 2.38 bits per heavy atom. The minimum absolute atomic E-state index is 0.111. The molecule has 0 radical (unpaired) electrons. The van der Waals surface area contributed by atoms with Crippen LogP contribution in [0.3, 0.4) is 0 Å². The van der Waals surface area contributed by atoms with Crippen molar-refractivity contribution in [3.63, 3.8) is 0 Å². The number of furan rings is 1. The fourth-order valence-corrected chi connectivity index (χ4v) is 2.30. The molecule has 1 aromatic heterocycles. The molecule has 2 rings (SSSR count). The molecule has 0 saturated carbocycles. The highest BCUT2D eigenvalue weighted by Gasteiger charge is 1.98. The average Bonchev–Trinajstić information content (AvgIpc) is 2.83. The van der Waals surface area contributed by atoms with Crippen molar-refractivity contribution in [3.8, 4) is 0 Å². The van der Waals surface area contributed by atoms with Gasteiger partial charge in [-0.05, 0) is 23.3 Å². The minimum Gasteiger partial charge on any atom is -0.468 e. The third-order valence-electron chi connectivity index (χ3n) is 2.30. The Morgan fingerprint density at radius 2 is 1.75 bits per heavy atom. The standard InChI is InChI=1S/C13H14O2S/c14-8-11-3-5-12(6-4-11)9-16-10-13-2-1-7-15-13/h1-7,14H,8-10H2. The Kier molecular flexibility index (Phi) is 4.08. The van der Waals surface area contributed by atoms with Gasteiger partial charge >= 0.3 is 0 Å². The Labute approximate surface area is 99.3 Å². The van der Waals surface area contributed by atoms with Crippen LogP contribution in [0.25, 0.3) is 0 Å². The third kappa shape index (κ3) is 3.15. The second kappa shape index (κ2) is 5.77. The molecule has 3 heteroatoms. The van der Waals surface area contributed by atoms with Crippen molar-refractivity contribution in [1.82, 2.24) is 0 Å². The smallest absolute Gasteiger partial charge is 0.113 e. The summed E-state index contributed by atoms with van der Waals surface area (Å²) >= 11 is 1.82. The first kappa shape index (κ1) is 11.3. The number of hydrogen-bond acceptors (Lipinski definition) is 3. The molecule has 84 valence electrons. The van der Waals surface area contributed by atoms with Gasteiger partial charge in [0.05, 0.1) is 18.6 Å². The Balaban J connectivity index is 1.81. The van der Waals surface area contributed by atoms with Crippen LogP contribution in [0.5, 0.6) is 0 Å². The number of aliphatic hydroxyl groups excluding tert-OH is 1. The quantitative estimate of drug-likeness (QED) is 0.862. The second-order valence-corrected chi connectivity index (χ2v) is 4.53. The number of rotatable bonds is 5. The van der Waals surface area contributed by atoms with Gasteiger partial charge in [-0.3, -0.25) is 0 Å². The molecule has 16 heavy (non-hydrogen) atoms. The predicted octanol–water partition coefficient (Wildman–Crippen LogP) is 3.21. The predicted molar refractivity (Wildman–Crippen MR) is 66.1 cm³/mol. The molecule has 0 unspecified atom stereocenters. The normalized spacial score (nSPS) is 10.6. The van der Waals surface area contributed by atoms with E-state index >= 15 is 0 Å². The summed E-state index contributed by atoms with van der Waals surface area (Å²) in [7, 11) is 0. The van der Waals surface area contributed by atoms with Crippen LogP contribution in [0.1, 0.15) is 16.9 Å². The average molecular weight is 234 g/mol. The first-order chi connectivity index (χ1) is 7.88. The van der Waals surface area contributed by atoms with Gasteiger partial charge in [0.25, 0.3) is 0 Å². The van der Waals surface area contributed by atoms with Crippen LogP contribution in [0.15, 0.2) is 47.1 Å². The van der Waals surface area contributed by atoms with Gasteiger partial charge in [0.1, 0.15) is 5.76 Å². The summed E-state index contributed by atoms with van der Waals surface area (Å²) < 4.78 is 5.25. The van der Waals surface area contributed by atoms with Crippen LogP contribution >= 0.6 is 11.8 Å². The molecule has 2 aromatic rings. The molecule has 0 fully saturated rings. The summed E-state index contributed by atoms with van der Waals surface area (Å²) in [4.78, 5) is 0. The lowest BCUT2D eigenvalue weighted by Crippen LogP contribution is -1.85. The zero-order valence-corrected chi connectivity index (χ0v) is 9.74. The van der Waals surface area contributed by atoms with Crippen molar-refractivity contribution in [1.29, 1.82) is 0 Å². The van der Waals surface area contributed by atoms with Crippen LogP contribution in [-0.4, -0.2) is 5.11 Å². The van der Waals surface area contributed by atoms with Gasteiger partial charge in [-0.1, -0.05) is 24.3 Å². The highest BCUT2D eigenvalue weighted by molar-refractivity contribution is 7.97. The van der Waals surface area contributed by atoms with Crippen LogP contribution in [0, 0.1) is 0 Å². The van der Waals surface area contributed by atoms with Gasteiger partial charge in [0.2, 0.25) is 0 Å². The molecule has 2 nitrogen and oxygen atoms in total. The lowest BCUT2D eigenvalue weighted by molar-refractivity contribution is 0.282. The molecule has 0 atom stereocenters. The Hall–Kier alpha value is -1.19. The maximum absolute atomic E-state index is 8.91. The monoisotopic (exact) mass is 234 g/mol. The molecule has 0 bridgehead atoms. The van der Waals surface area contributed by atoms with Crippen molar-refractivity contribution < 1.29 is 9.52 Å². The molecule has 1 heterocycles. The van der Waals surface area contributed by atoms with Gasteiger partial charge in [0, 0.05) is 5.75 Å². The second-order valence-electron chi connectivity index (χ2n) is 3.55. The van der Waals surface area contributed by atoms with Crippen LogP contribution in [0.4, 0.5) is 0 Å². The summed E-state index contributed by atoms with van der Waals surface area (Å²) in [5.41, 5.74) is 2.23. The van der Waals surface area contributed by atoms with E-state index in [0.29, 0.717) is 0 Å². The van der Waals surface area contributed by atoms with E-state index in [1.807, 2.05) is 36.0 Å². The van der Waals surface area contributed by atoms with Gasteiger partial charge in [-0.15, -0.1) is 11.8 Å². The zero-order chi connectivity index (χ0) is 11.2. The van der Waals surface area contributed by atoms with Gasteiger partial charge in [-0.25, -0.2) is 0 Å². The number of thioether (sulfide) groups is 1. The van der Waals surface area contributed by atoms with Crippen molar-refractivity contribution in [2.45, 2.75) is 18.1 Å². The summed E-state index contributed by atoms with van der Waals surface area (Å²) in [5, 5.41) is 8.91. The molecule has 1 N–H and O–H groups in total. The van der Waals surface area contributed by atoms with Gasteiger partial charge in [0.15, 0.2) is 0 Å².